The van der Waals surface area contributed by atoms with Crippen molar-refractivity contribution in [2.45, 2.75) is 46.1 Å². The molecule has 0 heterocycles. The molecule has 0 radical (unpaired) electrons. The summed E-state index contributed by atoms with van der Waals surface area (Å²) in [5, 5.41) is 3.75. The molecule has 0 unspecified atom stereocenters. The lowest BCUT2D eigenvalue weighted by Gasteiger charge is -2.35. The molecule has 1 aliphatic carbocycles. The summed E-state index contributed by atoms with van der Waals surface area (Å²) in [6.07, 6.45) is 6.71. The van der Waals surface area contributed by atoms with Crippen LogP contribution in [0.2, 0.25) is 0 Å². The van der Waals surface area contributed by atoms with E-state index in [1.165, 1.54) is 18.9 Å². The first-order chi connectivity index (χ1) is 13.4. The van der Waals surface area contributed by atoms with Crippen molar-refractivity contribution in [3.63, 3.8) is 0 Å². The Morgan fingerprint density at radius 2 is 2.04 bits per heavy atom. The van der Waals surface area contributed by atoms with Crippen molar-refractivity contribution in [1.82, 2.24) is 16.2 Å². The molecule has 1 amide bonds. The Morgan fingerprint density at radius 1 is 1.25 bits per heavy atom. The number of nitrogens with one attached hydrogen (secondary N) is 3. The zero-order valence-corrected chi connectivity index (χ0v) is 17.9. The van der Waals surface area contributed by atoms with E-state index in [9.17, 15) is 4.79 Å². The maximum atomic E-state index is 12.1. The molecule has 0 aromatic heterocycles. The number of carbonyl (C=O) groups excluding carboxylic acids is 1. The summed E-state index contributed by atoms with van der Waals surface area (Å²) in [6.45, 7) is 6.97. The second-order valence-corrected chi connectivity index (χ2v) is 7.55. The summed E-state index contributed by atoms with van der Waals surface area (Å²) in [6, 6.07) is 5.84. The number of ether oxygens (including phenoxy) is 2. The van der Waals surface area contributed by atoms with E-state index in [2.05, 4.69) is 30.0 Å². The van der Waals surface area contributed by atoms with Crippen LogP contribution in [-0.4, -0.2) is 30.8 Å². The van der Waals surface area contributed by atoms with Gasteiger partial charge in [-0.15, -0.1) is 0 Å². The van der Waals surface area contributed by atoms with E-state index < -0.39 is 0 Å². The molecule has 3 N–H and O–H groups in total. The lowest BCUT2D eigenvalue weighted by molar-refractivity contribution is -0.116. The molecular weight excluding hydrogens is 374 g/mol. The van der Waals surface area contributed by atoms with Crippen LogP contribution in [-0.2, 0) is 4.79 Å². The summed E-state index contributed by atoms with van der Waals surface area (Å²) >= 11 is 5.30. The highest BCUT2D eigenvalue weighted by Crippen LogP contribution is 2.29. The Balaban J connectivity index is 1.83. The molecule has 0 bridgehead atoms. The first-order valence-corrected chi connectivity index (χ1v) is 10.2. The van der Waals surface area contributed by atoms with Crippen molar-refractivity contribution in [3.05, 3.63) is 29.8 Å². The van der Waals surface area contributed by atoms with Crippen LogP contribution in [0, 0.1) is 11.8 Å². The lowest BCUT2D eigenvalue weighted by atomic mass is 9.78. The highest BCUT2D eigenvalue weighted by Gasteiger charge is 2.27. The number of amides is 1. The maximum Gasteiger partial charge on any atom is 0.262 e. The maximum absolute atomic E-state index is 12.1. The van der Waals surface area contributed by atoms with Gasteiger partial charge in [0.05, 0.1) is 13.7 Å². The number of hydrogen-bond acceptors (Lipinski definition) is 4. The van der Waals surface area contributed by atoms with Crippen LogP contribution in [0.5, 0.6) is 11.5 Å². The van der Waals surface area contributed by atoms with E-state index in [-0.39, 0.29) is 5.91 Å². The minimum Gasteiger partial charge on any atom is -0.493 e. The third kappa shape index (κ3) is 6.41. The van der Waals surface area contributed by atoms with Crippen LogP contribution >= 0.6 is 12.2 Å². The number of rotatable bonds is 6. The van der Waals surface area contributed by atoms with Crippen LogP contribution < -0.4 is 25.6 Å². The predicted molar refractivity (Wildman–Crippen MR) is 116 cm³/mol. The monoisotopic (exact) mass is 405 g/mol. The first-order valence-electron chi connectivity index (χ1n) is 9.80. The van der Waals surface area contributed by atoms with Gasteiger partial charge in [0.1, 0.15) is 0 Å². The molecule has 0 spiro atoms. The van der Waals surface area contributed by atoms with E-state index in [4.69, 9.17) is 21.7 Å². The fraction of sp³-hybridized carbons (Fsp3) is 0.524. The number of hydrogen-bond donors (Lipinski definition) is 3. The minimum absolute atomic E-state index is 0.289. The van der Waals surface area contributed by atoms with Crippen LogP contribution in [0.25, 0.3) is 6.08 Å². The SMILES string of the molecule is CCOc1cc(/C=C/C(=O)NNC(=S)N[C@H]2CCC[C@H](C)[C@@H]2C)ccc1OC. The van der Waals surface area contributed by atoms with Gasteiger partial charge < -0.3 is 14.8 Å². The number of hydrazine groups is 1. The second-order valence-electron chi connectivity index (χ2n) is 7.14. The second kappa shape index (κ2) is 10.9. The molecule has 0 aliphatic heterocycles. The molecule has 7 heteroatoms. The van der Waals surface area contributed by atoms with E-state index in [1.807, 2.05) is 25.1 Å². The highest BCUT2D eigenvalue weighted by molar-refractivity contribution is 7.80. The van der Waals surface area contributed by atoms with Crippen LogP contribution in [0.15, 0.2) is 24.3 Å². The Labute approximate surface area is 173 Å². The largest absolute Gasteiger partial charge is 0.493 e. The van der Waals surface area contributed by atoms with Gasteiger partial charge in [-0.3, -0.25) is 15.6 Å². The third-order valence-electron chi connectivity index (χ3n) is 5.24. The third-order valence-corrected chi connectivity index (χ3v) is 5.46. The summed E-state index contributed by atoms with van der Waals surface area (Å²) in [7, 11) is 1.60. The van der Waals surface area contributed by atoms with Gasteiger partial charge in [-0.25, -0.2) is 0 Å². The number of thiocarbonyl (C=S) groups is 1. The van der Waals surface area contributed by atoms with Gasteiger partial charge in [-0.2, -0.15) is 0 Å². The van der Waals surface area contributed by atoms with Crippen molar-refractivity contribution in [3.8, 4) is 11.5 Å². The van der Waals surface area contributed by atoms with Crippen LogP contribution in [0.1, 0.15) is 45.6 Å². The Bertz CT molecular complexity index is 708. The molecule has 0 saturated heterocycles. The van der Waals surface area contributed by atoms with E-state index >= 15 is 0 Å². The summed E-state index contributed by atoms with van der Waals surface area (Å²) in [5.41, 5.74) is 6.21. The molecule has 1 aliphatic rings. The van der Waals surface area contributed by atoms with Crippen molar-refractivity contribution in [1.29, 1.82) is 0 Å². The topological polar surface area (TPSA) is 71.6 Å². The zero-order chi connectivity index (χ0) is 20.5. The molecular formula is C21H31N3O3S. The van der Waals surface area contributed by atoms with E-state index in [1.54, 1.807) is 13.2 Å². The predicted octanol–water partition coefficient (Wildman–Crippen LogP) is 3.43. The van der Waals surface area contributed by atoms with E-state index in [0.717, 1.165) is 12.0 Å². The zero-order valence-electron chi connectivity index (χ0n) is 17.1. The summed E-state index contributed by atoms with van der Waals surface area (Å²) < 4.78 is 10.8. The van der Waals surface area contributed by atoms with Gasteiger partial charge in [0, 0.05) is 12.1 Å². The summed E-state index contributed by atoms with van der Waals surface area (Å²) in [4.78, 5) is 12.1. The Hall–Kier alpha value is -2.28. The average Bonchev–Trinajstić information content (AvgIpc) is 2.68. The van der Waals surface area contributed by atoms with Crippen molar-refractivity contribution in [2.24, 2.45) is 11.8 Å². The molecule has 28 heavy (non-hydrogen) atoms. The Morgan fingerprint density at radius 3 is 2.75 bits per heavy atom. The van der Waals surface area contributed by atoms with Gasteiger partial charge in [-0.05, 0) is 61.2 Å². The van der Waals surface area contributed by atoms with Crippen molar-refractivity contribution >= 4 is 29.3 Å². The average molecular weight is 406 g/mol. The van der Waals surface area contributed by atoms with Crippen LogP contribution in [0.4, 0.5) is 0 Å². The van der Waals surface area contributed by atoms with Crippen molar-refractivity contribution in [2.75, 3.05) is 13.7 Å². The first kappa shape index (κ1) is 22.0. The van der Waals surface area contributed by atoms with Gasteiger partial charge >= 0.3 is 0 Å². The minimum atomic E-state index is -0.289. The van der Waals surface area contributed by atoms with Gasteiger partial charge in [-0.1, -0.05) is 32.8 Å². The molecule has 3 atom stereocenters. The standard InChI is InChI=1S/C21H31N3O3S/c1-5-27-19-13-16(9-11-18(19)26-4)10-12-20(25)23-24-21(28)22-17-8-6-7-14(2)15(17)3/h9-15,17H,5-8H2,1-4H3,(H,23,25)(H2,22,24,28)/b12-10+/t14-,15-,17-/m0/s1. The summed E-state index contributed by atoms with van der Waals surface area (Å²) in [5.74, 6) is 2.25. The molecule has 1 saturated carbocycles. The highest BCUT2D eigenvalue weighted by atomic mass is 32.1. The smallest absolute Gasteiger partial charge is 0.262 e. The number of carbonyl (C=O) groups is 1. The fourth-order valence-corrected chi connectivity index (χ4v) is 3.59. The molecule has 154 valence electrons. The Kier molecular flexibility index (Phi) is 8.57. The molecule has 2 rings (SSSR count). The van der Waals surface area contributed by atoms with Gasteiger partial charge in [0.2, 0.25) is 0 Å². The fourth-order valence-electron chi connectivity index (χ4n) is 3.39. The lowest BCUT2D eigenvalue weighted by Crippen LogP contribution is -2.52. The molecule has 1 aromatic rings. The number of methoxy groups -OCH3 is 1. The van der Waals surface area contributed by atoms with Crippen LogP contribution in [0.3, 0.4) is 0 Å². The normalized spacial score (nSPS) is 21.8. The molecule has 1 fully saturated rings. The molecule has 1 aromatic carbocycles. The quantitative estimate of drug-likeness (QED) is 0.383. The van der Waals surface area contributed by atoms with Crippen molar-refractivity contribution < 1.29 is 14.3 Å². The molecule has 6 nitrogen and oxygen atoms in total. The van der Waals surface area contributed by atoms with E-state index in [0.29, 0.717) is 41.1 Å². The van der Waals surface area contributed by atoms with Gasteiger partial charge in [0.25, 0.3) is 5.91 Å². The van der Waals surface area contributed by atoms with Gasteiger partial charge in [0.15, 0.2) is 16.6 Å². The number of benzene rings is 1.